The molecule has 0 aliphatic rings. The molecule has 0 aliphatic heterocycles. The Balaban J connectivity index is 2.60. The van der Waals surface area contributed by atoms with Crippen molar-refractivity contribution in [1.82, 2.24) is 5.32 Å². The fourth-order valence-corrected chi connectivity index (χ4v) is 1.81. The van der Waals surface area contributed by atoms with Crippen LogP contribution in [0.4, 0.5) is 0 Å². The Hall–Kier alpha value is -0.870. The molecule has 2 N–H and O–H groups in total. The van der Waals surface area contributed by atoms with Gasteiger partial charge in [-0.2, -0.15) is 0 Å². The van der Waals surface area contributed by atoms with Gasteiger partial charge < -0.3 is 10.4 Å². The fourth-order valence-electron chi connectivity index (χ4n) is 1.56. The Morgan fingerprint density at radius 3 is 2.82 bits per heavy atom. The molecule has 94 valence electrons. The van der Waals surface area contributed by atoms with E-state index in [0.29, 0.717) is 12.0 Å². The first-order valence-electron chi connectivity index (χ1n) is 5.72. The van der Waals surface area contributed by atoms with Crippen molar-refractivity contribution in [1.29, 1.82) is 0 Å². The van der Waals surface area contributed by atoms with Gasteiger partial charge in [0.25, 0.3) is 5.91 Å². The first-order chi connectivity index (χ1) is 8.04. The van der Waals surface area contributed by atoms with Crippen molar-refractivity contribution in [3.8, 4) is 0 Å². The zero-order chi connectivity index (χ0) is 12.8. The second-order valence-corrected chi connectivity index (χ2v) is 5.06. The number of carbonyl (C=O) groups excluding carboxylic acids is 1. The molecule has 3 nitrogen and oxygen atoms in total. The minimum Gasteiger partial charge on any atom is -0.396 e. The van der Waals surface area contributed by atoms with Crippen LogP contribution in [-0.2, 0) is 0 Å². The maximum Gasteiger partial charge on any atom is 0.251 e. The minimum absolute atomic E-state index is 0.0639. The van der Waals surface area contributed by atoms with E-state index in [4.69, 9.17) is 5.11 Å². The normalized spacial score (nSPS) is 12.2. The number of halogens is 1. The van der Waals surface area contributed by atoms with E-state index in [-0.39, 0.29) is 18.6 Å². The number of hydrogen-bond donors (Lipinski definition) is 2. The average molecular weight is 300 g/mol. The third-order valence-corrected chi connectivity index (χ3v) is 3.48. The summed E-state index contributed by atoms with van der Waals surface area (Å²) in [6.45, 7) is 4.06. The van der Waals surface area contributed by atoms with Gasteiger partial charge in [-0.3, -0.25) is 4.79 Å². The smallest absolute Gasteiger partial charge is 0.251 e. The molecule has 0 aliphatic carbocycles. The van der Waals surface area contributed by atoms with Crippen LogP contribution in [0.3, 0.4) is 0 Å². The Kier molecular flexibility index (Phi) is 5.65. The molecule has 1 amide bonds. The number of rotatable bonds is 5. The van der Waals surface area contributed by atoms with Gasteiger partial charge in [0.05, 0.1) is 0 Å². The quantitative estimate of drug-likeness (QED) is 0.878. The lowest BCUT2D eigenvalue weighted by Gasteiger charge is -2.13. The van der Waals surface area contributed by atoms with Crippen LogP contribution in [0.25, 0.3) is 0 Å². The third kappa shape index (κ3) is 4.48. The zero-order valence-electron chi connectivity index (χ0n) is 10.2. The number of aliphatic hydroxyl groups is 1. The number of amides is 1. The number of carbonyl (C=O) groups is 1. The largest absolute Gasteiger partial charge is 0.396 e. The summed E-state index contributed by atoms with van der Waals surface area (Å²) in [5.41, 5.74) is 1.71. The molecule has 0 saturated heterocycles. The number of aryl methyl sites for hydroxylation is 1. The lowest BCUT2D eigenvalue weighted by Crippen LogP contribution is -2.32. The molecule has 1 unspecified atom stereocenters. The predicted octanol–water partition coefficient (Wildman–Crippen LogP) is 2.65. The van der Waals surface area contributed by atoms with Crippen LogP contribution in [0.1, 0.15) is 35.7 Å². The van der Waals surface area contributed by atoms with Crippen LogP contribution in [0.2, 0.25) is 0 Å². The van der Waals surface area contributed by atoms with E-state index in [9.17, 15) is 4.79 Å². The fraction of sp³-hybridized carbons (Fsp3) is 0.462. The number of benzene rings is 1. The SMILES string of the molecule is Cc1cc(C(=O)NC(C)CCCO)ccc1Br. The molecule has 1 aromatic carbocycles. The molecule has 1 rings (SSSR count). The zero-order valence-corrected chi connectivity index (χ0v) is 11.8. The molecule has 0 spiro atoms. The summed E-state index contributed by atoms with van der Waals surface area (Å²) in [5, 5.41) is 11.6. The predicted molar refractivity (Wildman–Crippen MR) is 72.1 cm³/mol. The van der Waals surface area contributed by atoms with Crippen LogP contribution in [0.15, 0.2) is 22.7 Å². The Labute approximate surface area is 110 Å². The minimum atomic E-state index is -0.0639. The molecule has 0 radical (unpaired) electrons. The lowest BCUT2D eigenvalue weighted by molar-refractivity contribution is 0.0936. The van der Waals surface area contributed by atoms with Crippen molar-refractivity contribution in [2.75, 3.05) is 6.61 Å². The van der Waals surface area contributed by atoms with Crippen molar-refractivity contribution in [3.63, 3.8) is 0 Å². The summed E-state index contributed by atoms with van der Waals surface area (Å²) < 4.78 is 1.00. The molecule has 1 aromatic rings. The van der Waals surface area contributed by atoms with Gasteiger partial charge >= 0.3 is 0 Å². The molecular formula is C13H18BrNO2. The summed E-state index contributed by atoms with van der Waals surface area (Å²) in [6.07, 6.45) is 1.50. The summed E-state index contributed by atoms with van der Waals surface area (Å²) in [7, 11) is 0. The van der Waals surface area contributed by atoms with Crippen molar-refractivity contribution < 1.29 is 9.90 Å². The molecule has 1 atom stereocenters. The number of hydrogen-bond acceptors (Lipinski definition) is 2. The van der Waals surface area contributed by atoms with Crippen molar-refractivity contribution >= 4 is 21.8 Å². The highest BCUT2D eigenvalue weighted by Crippen LogP contribution is 2.17. The van der Waals surface area contributed by atoms with Crippen LogP contribution < -0.4 is 5.32 Å². The summed E-state index contributed by atoms with van der Waals surface area (Å²) in [4.78, 5) is 11.9. The highest BCUT2D eigenvalue weighted by atomic mass is 79.9. The van der Waals surface area contributed by atoms with Gasteiger partial charge in [-0.15, -0.1) is 0 Å². The van der Waals surface area contributed by atoms with Crippen molar-refractivity contribution in [2.45, 2.75) is 32.7 Å². The first kappa shape index (κ1) is 14.2. The van der Waals surface area contributed by atoms with E-state index in [0.717, 1.165) is 16.5 Å². The van der Waals surface area contributed by atoms with Crippen LogP contribution in [0.5, 0.6) is 0 Å². The maximum absolute atomic E-state index is 11.9. The molecule has 0 bridgehead atoms. The molecule has 0 fully saturated rings. The standard InChI is InChI=1S/C13H18BrNO2/c1-9-8-11(5-6-12(9)14)13(17)15-10(2)4-3-7-16/h5-6,8,10,16H,3-4,7H2,1-2H3,(H,15,17). The molecule has 4 heteroatoms. The number of aliphatic hydroxyl groups excluding tert-OH is 1. The van der Waals surface area contributed by atoms with Gasteiger partial charge in [-0.05, 0) is 50.5 Å². The highest BCUT2D eigenvalue weighted by molar-refractivity contribution is 9.10. The molecular weight excluding hydrogens is 282 g/mol. The van der Waals surface area contributed by atoms with Gasteiger partial charge in [0.15, 0.2) is 0 Å². The maximum atomic E-state index is 11.9. The lowest BCUT2D eigenvalue weighted by atomic mass is 10.1. The summed E-state index contributed by atoms with van der Waals surface area (Å²) in [5.74, 6) is -0.0639. The Bertz CT molecular complexity index is 393. The average Bonchev–Trinajstić information content (AvgIpc) is 2.30. The van der Waals surface area contributed by atoms with E-state index in [1.54, 1.807) is 6.07 Å². The number of nitrogens with one attached hydrogen (secondary N) is 1. The van der Waals surface area contributed by atoms with E-state index >= 15 is 0 Å². The topological polar surface area (TPSA) is 49.3 Å². The van der Waals surface area contributed by atoms with Crippen LogP contribution in [0, 0.1) is 6.92 Å². The first-order valence-corrected chi connectivity index (χ1v) is 6.51. The van der Waals surface area contributed by atoms with Gasteiger partial charge in [0.2, 0.25) is 0 Å². The monoisotopic (exact) mass is 299 g/mol. The summed E-state index contributed by atoms with van der Waals surface area (Å²) in [6, 6.07) is 5.62. The van der Waals surface area contributed by atoms with Gasteiger partial charge in [0.1, 0.15) is 0 Å². The molecule has 0 heterocycles. The van der Waals surface area contributed by atoms with Crippen molar-refractivity contribution in [3.05, 3.63) is 33.8 Å². The second-order valence-electron chi connectivity index (χ2n) is 4.20. The second kappa shape index (κ2) is 6.77. The van der Waals surface area contributed by atoms with E-state index in [1.807, 2.05) is 26.0 Å². The Morgan fingerprint density at radius 1 is 1.53 bits per heavy atom. The highest BCUT2D eigenvalue weighted by Gasteiger charge is 2.10. The van der Waals surface area contributed by atoms with Crippen LogP contribution >= 0.6 is 15.9 Å². The van der Waals surface area contributed by atoms with Gasteiger partial charge in [-0.25, -0.2) is 0 Å². The van der Waals surface area contributed by atoms with E-state index in [1.165, 1.54) is 0 Å². The third-order valence-electron chi connectivity index (χ3n) is 2.59. The van der Waals surface area contributed by atoms with Gasteiger partial charge in [0, 0.05) is 22.7 Å². The molecule has 0 saturated carbocycles. The Morgan fingerprint density at radius 2 is 2.24 bits per heavy atom. The molecule has 0 aromatic heterocycles. The van der Waals surface area contributed by atoms with E-state index < -0.39 is 0 Å². The van der Waals surface area contributed by atoms with E-state index in [2.05, 4.69) is 21.2 Å². The molecule has 17 heavy (non-hydrogen) atoms. The van der Waals surface area contributed by atoms with Crippen LogP contribution in [-0.4, -0.2) is 23.7 Å². The van der Waals surface area contributed by atoms with Crippen molar-refractivity contribution in [2.24, 2.45) is 0 Å². The van der Waals surface area contributed by atoms with Gasteiger partial charge in [-0.1, -0.05) is 15.9 Å². The summed E-state index contributed by atoms with van der Waals surface area (Å²) >= 11 is 3.40.